The van der Waals surface area contributed by atoms with Gasteiger partial charge in [-0.25, -0.2) is 0 Å². The average Bonchev–Trinajstić information content (AvgIpc) is 2.54. The Labute approximate surface area is 126 Å². The predicted octanol–water partition coefficient (Wildman–Crippen LogP) is 4.40. The third kappa shape index (κ3) is 4.23. The van der Waals surface area contributed by atoms with Crippen LogP contribution in [-0.2, 0) is 11.3 Å². The van der Waals surface area contributed by atoms with Crippen molar-refractivity contribution in [2.75, 3.05) is 19.0 Å². The van der Waals surface area contributed by atoms with Crippen LogP contribution in [0.2, 0.25) is 0 Å². The summed E-state index contributed by atoms with van der Waals surface area (Å²) in [6.07, 6.45) is 0. The Kier molecular flexibility index (Phi) is 5.64. The number of rotatable bonds is 7. The lowest BCUT2D eigenvalue weighted by atomic mass is 10.1. The van der Waals surface area contributed by atoms with Gasteiger partial charge in [0.25, 0.3) is 0 Å². The van der Waals surface area contributed by atoms with Crippen molar-refractivity contribution in [2.45, 2.75) is 26.5 Å². The zero-order valence-corrected chi connectivity index (χ0v) is 12.9. The van der Waals surface area contributed by atoms with Crippen LogP contribution in [0.4, 0.5) is 5.69 Å². The summed E-state index contributed by atoms with van der Waals surface area (Å²) in [5.74, 6) is 0.877. The second-order valence-corrected chi connectivity index (χ2v) is 4.93. The Hall–Kier alpha value is -2.00. The Balaban J connectivity index is 2.09. The van der Waals surface area contributed by atoms with Gasteiger partial charge in [0.05, 0.1) is 13.7 Å². The minimum absolute atomic E-state index is 0.221. The first kappa shape index (κ1) is 15.4. The summed E-state index contributed by atoms with van der Waals surface area (Å²) >= 11 is 0. The molecule has 0 amide bonds. The summed E-state index contributed by atoms with van der Waals surface area (Å²) in [5, 5.41) is 3.55. The third-order valence-electron chi connectivity index (χ3n) is 3.47. The molecule has 2 aromatic rings. The molecule has 3 nitrogen and oxygen atoms in total. The maximum atomic E-state index is 5.52. The van der Waals surface area contributed by atoms with Crippen LogP contribution in [0.25, 0.3) is 0 Å². The molecule has 21 heavy (non-hydrogen) atoms. The van der Waals surface area contributed by atoms with Crippen LogP contribution in [-0.4, -0.2) is 13.7 Å². The van der Waals surface area contributed by atoms with Gasteiger partial charge in [-0.2, -0.15) is 0 Å². The van der Waals surface area contributed by atoms with Crippen LogP contribution >= 0.6 is 0 Å². The number of methoxy groups -OCH3 is 1. The fraction of sp³-hybridized carbons (Fsp3) is 0.333. The van der Waals surface area contributed by atoms with E-state index in [4.69, 9.17) is 9.47 Å². The van der Waals surface area contributed by atoms with E-state index in [1.807, 2.05) is 31.2 Å². The molecule has 0 aliphatic carbocycles. The van der Waals surface area contributed by atoms with Gasteiger partial charge in [0.2, 0.25) is 0 Å². The molecule has 3 heteroatoms. The Morgan fingerprint density at radius 3 is 2.43 bits per heavy atom. The summed E-state index contributed by atoms with van der Waals surface area (Å²) < 4.78 is 10.7. The van der Waals surface area contributed by atoms with Crippen LogP contribution in [0.15, 0.2) is 48.5 Å². The SMILES string of the molecule is CCOCc1ccccc1NC(C)c1ccc(OC)cc1. The van der Waals surface area contributed by atoms with Gasteiger partial charge in [-0.05, 0) is 37.6 Å². The molecule has 0 aliphatic rings. The minimum Gasteiger partial charge on any atom is -0.497 e. The molecule has 0 bridgehead atoms. The molecule has 0 aliphatic heterocycles. The second-order valence-electron chi connectivity index (χ2n) is 4.93. The molecule has 0 heterocycles. The van der Waals surface area contributed by atoms with Crippen LogP contribution in [0.3, 0.4) is 0 Å². The van der Waals surface area contributed by atoms with Gasteiger partial charge in [0.15, 0.2) is 0 Å². The molecule has 1 atom stereocenters. The first-order valence-corrected chi connectivity index (χ1v) is 7.30. The highest BCUT2D eigenvalue weighted by atomic mass is 16.5. The molecule has 2 rings (SSSR count). The molecular weight excluding hydrogens is 262 g/mol. The summed E-state index contributed by atoms with van der Waals surface area (Å²) in [6.45, 7) is 5.52. The lowest BCUT2D eigenvalue weighted by molar-refractivity contribution is 0.134. The number of hydrogen-bond acceptors (Lipinski definition) is 3. The summed E-state index contributed by atoms with van der Waals surface area (Å²) in [5.41, 5.74) is 3.52. The second kappa shape index (κ2) is 7.70. The van der Waals surface area contributed by atoms with Crippen molar-refractivity contribution >= 4 is 5.69 Å². The van der Waals surface area contributed by atoms with E-state index < -0.39 is 0 Å². The van der Waals surface area contributed by atoms with E-state index in [0.717, 1.165) is 18.0 Å². The van der Waals surface area contributed by atoms with E-state index in [9.17, 15) is 0 Å². The standard InChI is InChI=1S/C18H23NO2/c1-4-21-13-16-7-5-6-8-18(16)19-14(2)15-9-11-17(20-3)12-10-15/h5-12,14,19H,4,13H2,1-3H3. The van der Waals surface area contributed by atoms with Gasteiger partial charge in [-0.15, -0.1) is 0 Å². The topological polar surface area (TPSA) is 30.5 Å². The lowest BCUT2D eigenvalue weighted by Gasteiger charge is -2.19. The number of anilines is 1. The van der Waals surface area contributed by atoms with E-state index >= 15 is 0 Å². The quantitative estimate of drug-likeness (QED) is 0.817. The predicted molar refractivity (Wildman–Crippen MR) is 86.8 cm³/mol. The van der Waals surface area contributed by atoms with Gasteiger partial charge in [0.1, 0.15) is 5.75 Å². The van der Waals surface area contributed by atoms with Gasteiger partial charge in [0, 0.05) is 23.9 Å². The molecule has 0 saturated carbocycles. The molecule has 0 aromatic heterocycles. The number of para-hydroxylation sites is 1. The first-order chi connectivity index (χ1) is 10.2. The van der Waals surface area contributed by atoms with Crippen molar-refractivity contribution in [3.63, 3.8) is 0 Å². The molecule has 0 spiro atoms. The Morgan fingerprint density at radius 2 is 1.76 bits per heavy atom. The maximum absolute atomic E-state index is 5.52. The number of hydrogen-bond donors (Lipinski definition) is 1. The molecule has 0 saturated heterocycles. The van der Waals surface area contributed by atoms with E-state index in [1.165, 1.54) is 11.1 Å². The number of nitrogens with one attached hydrogen (secondary N) is 1. The number of benzene rings is 2. The van der Waals surface area contributed by atoms with Gasteiger partial charge >= 0.3 is 0 Å². The monoisotopic (exact) mass is 285 g/mol. The zero-order chi connectivity index (χ0) is 15.1. The van der Waals surface area contributed by atoms with Gasteiger partial charge in [-0.1, -0.05) is 30.3 Å². The van der Waals surface area contributed by atoms with Crippen LogP contribution in [0.1, 0.15) is 31.0 Å². The molecule has 1 unspecified atom stereocenters. The van der Waals surface area contributed by atoms with Crippen LogP contribution in [0.5, 0.6) is 5.75 Å². The molecular formula is C18H23NO2. The van der Waals surface area contributed by atoms with Gasteiger partial charge < -0.3 is 14.8 Å². The fourth-order valence-corrected chi connectivity index (χ4v) is 2.21. The molecule has 0 radical (unpaired) electrons. The van der Waals surface area contributed by atoms with Crippen LogP contribution < -0.4 is 10.1 Å². The molecule has 112 valence electrons. The normalized spacial score (nSPS) is 12.0. The first-order valence-electron chi connectivity index (χ1n) is 7.30. The lowest BCUT2D eigenvalue weighted by Crippen LogP contribution is -2.09. The van der Waals surface area contributed by atoms with Crippen molar-refractivity contribution in [3.05, 3.63) is 59.7 Å². The molecule has 0 fully saturated rings. The van der Waals surface area contributed by atoms with E-state index in [2.05, 4.69) is 36.5 Å². The molecule has 2 aromatic carbocycles. The van der Waals surface area contributed by atoms with Crippen molar-refractivity contribution in [1.29, 1.82) is 0 Å². The van der Waals surface area contributed by atoms with Crippen LogP contribution in [0, 0.1) is 0 Å². The summed E-state index contributed by atoms with van der Waals surface area (Å²) in [6, 6.07) is 16.6. The maximum Gasteiger partial charge on any atom is 0.118 e. The highest BCUT2D eigenvalue weighted by Crippen LogP contribution is 2.24. The van der Waals surface area contributed by atoms with Crippen molar-refractivity contribution < 1.29 is 9.47 Å². The zero-order valence-electron chi connectivity index (χ0n) is 12.9. The van der Waals surface area contributed by atoms with Crippen molar-refractivity contribution in [2.24, 2.45) is 0 Å². The van der Waals surface area contributed by atoms with E-state index in [0.29, 0.717) is 6.61 Å². The highest BCUT2D eigenvalue weighted by Gasteiger charge is 2.08. The minimum atomic E-state index is 0.221. The van der Waals surface area contributed by atoms with Gasteiger partial charge in [-0.3, -0.25) is 0 Å². The largest absolute Gasteiger partial charge is 0.497 e. The number of ether oxygens (including phenoxy) is 2. The van der Waals surface area contributed by atoms with Crippen molar-refractivity contribution in [3.8, 4) is 5.75 Å². The summed E-state index contributed by atoms with van der Waals surface area (Å²) in [7, 11) is 1.68. The summed E-state index contributed by atoms with van der Waals surface area (Å²) in [4.78, 5) is 0. The fourth-order valence-electron chi connectivity index (χ4n) is 2.21. The third-order valence-corrected chi connectivity index (χ3v) is 3.47. The Bertz CT molecular complexity index is 551. The van der Waals surface area contributed by atoms with Crippen molar-refractivity contribution in [1.82, 2.24) is 0 Å². The smallest absolute Gasteiger partial charge is 0.118 e. The Morgan fingerprint density at radius 1 is 1.05 bits per heavy atom. The average molecular weight is 285 g/mol. The highest BCUT2D eigenvalue weighted by molar-refractivity contribution is 5.52. The molecule has 1 N–H and O–H groups in total. The van der Waals surface area contributed by atoms with E-state index in [1.54, 1.807) is 7.11 Å². The van der Waals surface area contributed by atoms with E-state index in [-0.39, 0.29) is 6.04 Å².